The van der Waals surface area contributed by atoms with Crippen LogP contribution >= 0.6 is 0 Å². The van der Waals surface area contributed by atoms with E-state index in [0.29, 0.717) is 6.04 Å². The smallest absolute Gasteiger partial charge is 0.0243 e. The van der Waals surface area contributed by atoms with E-state index in [2.05, 4.69) is 20.4 Å². The van der Waals surface area contributed by atoms with Gasteiger partial charge >= 0.3 is 0 Å². The molecule has 0 bridgehead atoms. The Kier molecular flexibility index (Phi) is 12.5. The predicted molar refractivity (Wildman–Crippen MR) is 73.9 cm³/mol. The van der Waals surface area contributed by atoms with Gasteiger partial charge in [0.2, 0.25) is 0 Å². The lowest BCUT2D eigenvalue weighted by Crippen LogP contribution is -2.21. The molecular weight excluding hydrogens is 194 g/mol. The summed E-state index contributed by atoms with van der Waals surface area (Å²) in [7, 11) is 0. The van der Waals surface area contributed by atoms with Gasteiger partial charge in [-0.2, -0.15) is 0 Å². The van der Waals surface area contributed by atoms with Gasteiger partial charge in [0.1, 0.15) is 0 Å². The molecule has 0 fully saturated rings. The molecule has 0 saturated heterocycles. The van der Waals surface area contributed by atoms with Gasteiger partial charge in [-0.05, 0) is 32.1 Å². The number of rotatable bonds is 12. The van der Waals surface area contributed by atoms with Crippen molar-refractivity contribution in [1.29, 1.82) is 0 Å². The van der Waals surface area contributed by atoms with Crippen LogP contribution in [-0.4, -0.2) is 12.6 Å². The molecule has 1 unspecified atom stereocenters. The standard InChI is InChI=1S/C15H30N/c1-4-7-8-9-10-11-12-13-15(6-3)16-14-5-2/h4,15H,1,5-14H2,2-3H3. The van der Waals surface area contributed by atoms with Gasteiger partial charge in [-0.1, -0.05) is 45.6 Å². The van der Waals surface area contributed by atoms with Gasteiger partial charge in [0.15, 0.2) is 0 Å². The molecule has 0 aliphatic rings. The molecule has 0 amide bonds. The molecule has 16 heavy (non-hydrogen) atoms. The highest BCUT2D eigenvalue weighted by molar-refractivity contribution is 4.66. The Labute approximate surface area is 103 Å². The summed E-state index contributed by atoms with van der Waals surface area (Å²) in [6, 6.07) is 0.633. The van der Waals surface area contributed by atoms with Crippen LogP contribution in [0.4, 0.5) is 0 Å². The van der Waals surface area contributed by atoms with Crippen molar-refractivity contribution in [2.24, 2.45) is 0 Å². The number of hydrogen-bond acceptors (Lipinski definition) is 0. The van der Waals surface area contributed by atoms with E-state index in [1.54, 1.807) is 0 Å². The first-order valence-electron chi connectivity index (χ1n) is 7.12. The van der Waals surface area contributed by atoms with E-state index < -0.39 is 0 Å². The van der Waals surface area contributed by atoms with Crippen LogP contribution in [0.5, 0.6) is 0 Å². The molecule has 0 saturated carbocycles. The van der Waals surface area contributed by atoms with Crippen molar-refractivity contribution in [2.45, 2.75) is 77.7 Å². The number of allylic oxidation sites excluding steroid dienone is 1. The molecule has 0 N–H and O–H groups in total. The second kappa shape index (κ2) is 12.8. The van der Waals surface area contributed by atoms with Crippen LogP contribution in [0.15, 0.2) is 12.7 Å². The Morgan fingerprint density at radius 1 is 1.06 bits per heavy atom. The zero-order chi connectivity index (χ0) is 12.1. The molecule has 0 aromatic heterocycles. The lowest BCUT2D eigenvalue weighted by Gasteiger charge is -2.14. The summed E-state index contributed by atoms with van der Waals surface area (Å²) in [6.45, 7) is 9.26. The second-order valence-corrected chi connectivity index (χ2v) is 4.60. The van der Waals surface area contributed by atoms with Crippen molar-refractivity contribution in [2.75, 3.05) is 6.54 Å². The molecule has 0 rings (SSSR count). The Morgan fingerprint density at radius 3 is 2.38 bits per heavy atom. The topological polar surface area (TPSA) is 14.1 Å². The lowest BCUT2D eigenvalue weighted by molar-refractivity contribution is 0.435. The molecule has 1 nitrogen and oxygen atoms in total. The van der Waals surface area contributed by atoms with E-state index in [0.717, 1.165) is 6.54 Å². The lowest BCUT2D eigenvalue weighted by atomic mass is 10.0. The number of unbranched alkanes of at least 4 members (excludes halogenated alkanes) is 5. The van der Waals surface area contributed by atoms with Gasteiger partial charge in [0.25, 0.3) is 0 Å². The van der Waals surface area contributed by atoms with Crippen LogP contribution < -0.4 is 5.32 Å². The largest absolute Gasteiger partial charge is 0.238 e. The Bertz CT molecular complexity index is 142. The van der Waals surface area contributed by atoms with Crippen LogP contribution in [0.1, 0.15) is 71.6 Å². The minimum atomic E-state index is 0.633. The molecule has 0 heterocycles. The third-order valence-corrected chi connectivity index (χ3v) is 3.03. The van der Waals surface area contributed by atoms with Crippen LogP contribution in [-0.2, 0) is 0 Å². The van der Waals surface area contributed by atoms with Crippen molar-refractivity contribution in [3.05, 3.63) is 12.7 Å². The van der Waals surface area contributed by atoms with Crippen molar-refractivity contribution in [3.63, 3.8) is 0 Å². The molecule has 1 heteroatoms. The summed E-state index contributed by atoms with van der Waals surface area (Å²) in [6.07, 6.45) is 13.7. The van der Waals surface area contributed by atoms with Gasteiger partial charge in [-0.15, -0.1) is 6.58 Å². The maximum atomic E-state index is 4.69. The first-order valence-corrected chi connectivity index (χ1v) is 7.12. The third kappa shape index (κ3) is 10.2. The Balaban J connectivity index is 3.23. The predicted octanol–water partition coefficient (Wildman–Crippen LogP) is 4.70. The fraction of sp³-hybridized carbons (Fsp3) is 0.867. The fourth-order valence-electron chi connectivity index (χ4n) is 1.94. The first-order chi connectivity index (χ1) is 7.85. The van der Waals surface area contributed by atoms with Crippen LogP contribution in [0.2, 0.25) is 0 Å². The van der Waals surface area contributed by atoms with Gasteiger partial charge in [-0.25, -0.2) is 5.32 Å². The summed E-state index contributed by atoms with van der Waals surface area (Å²) < 4.78 is 0. The van der Waals surface area contributed by atoms with Gasteiger partial charge in [0, 0.05) is 12.6 Å². The molecule has 1 radical (unpaired) electrons. The monoisotopic (exact) mass is 224 g/mol. The first kappa shape index (κ1) is 15.7. The molecule has 0 aliphatic heterocycles. The van der Waals surface area contributed by atoms with Gasteiger partial charge in [0.05, 0.1) is 0 Å². The Morgan fingerprint density at radius 2 is 1.75 bits per heavy atom. The molecular formula is C15H30N. The van der Waals surface area contributed by atoms with E-state index in [9.17, 15) is 0 Å². The molecule has 0 aliphatic carbocycles. The normalized spacial score (nSPS) is 12.6. The number of nitrogens with zero attached hydrogens (tertiary/aromatic N) is 1. The summed E-state index contributed by atoms with van der Waals surface area (Å²) in [5.74, 6) is 0. The third-order valence-electron chi connectivity index (χ3n) is 3.03. The van der Waals surface area contributed by atoms with Crippen molar-refractivity contribution >= 4 is 0 Å². The molecule has 0 aromatic rings. The van der Waals surface area contributed by atoms with E-state index in [4.69, 9.17) is 5.32 Å². The van der Waals surface area contributed by atoms with Crippen LogP contribution in [0, 0.1) is 0 Å². The second-order valence-electron chi connectivity index (χ2n) is 4.60. The maximum absolute atomic E-state index is 4.69. The van der Waals surface area contributed by atoms with Crippen molar-refractivity contribution in [1.82, 2.24) is 5.32 Å². The summed E-state index contributed by atoms with van der Waals surface area (Å²) in [5.41, 5.74) is 0. The zero-order valence-electron chi connectivity index (χ0n) is 11.4. The summed E-state index contributed by atoms with van der Waals surface area (Å²) in [4.78, 5) is 0. The highest BCUT2D eigenvalue weighted by Gasteiger charge is 2.05. The maximum Gasteiger partial charge on any atom is 0.0243 e. The van der Waals surface area contributed by atoms with Crippen molar-refractivity contribution in [3.8, 4) is 0 Å². The highest BCUT2D eigenvalue weighted by atomic mass is 14.9. The highest BCUT2D eigenvalue weighted by Crippen LogP contribution is 2.10. The summed E-state index contributed by atoms with van der Waals surface area (Å²) >= 11 is 0. The zero-order valence-corrected chi connectivity index (χ0v) is 11.4. The fourth-order valence-corrected chi connectivity index (χ4v) is 1.94. The average Bonchev–Trinajstić information content (AvgIpc) is 2.32. The van der Waals surface area contributed by atoms with Gasteiger partial charge < -0.3 is 0 Å². The molecule has 95 valence electrons. The molecule has 0 aromatic carbocycles. The number of hydrogen-bond donors (Lipinski definition) is 0. The van der Waals surface area contributed by atoms with E-state index in [-0.39, 0.29) is 0 Å². The minimum Gasteiger partial charge on any atom is -0.238 e. The minimum absolute atomic E-state index is 0.633. The van der Waals surface area contributed by atoms with E-state index in [1.165, 1.54) is 57.8 Å². The summed E-state index contributed by atoms with van der Waals surface area (Å²) in [5, 5.41) is 4.69. The van der Waals surface area contributed by atoms with Crippen molar-refractivity contribution < 1.29 is 0 Å². The van der Waals surface area contributed by atoms with Gasteiger partial charge in [-0.3, -0.25) is 0 Å². The Hall–Kier alpha value is -0.300. The molecule has 1 atom stereocenters. The average molecular weight is 224 g/mol. The van der Waals surface area contributed by atoms with E-state index >= 15 is 0 Å². The van der Waals surface area contributed by atoms with Crippen LogP contribution in [0.3, 0.4) is 0 Å². The quantitative estimate of drug-likeness (QED) is 0.337. The van der Waals surface area contributed by atoms with E-state index in [1.807, 2.05) is 6.08 Å². The SMILES string of the molecule is C=CCCCCCCCC(CC)[N]CCC. The van der Waals surface area contributed by atoms with Crippen LogP contribution in [0.25, 0.3) is 0 Å². The molecule has 0 spiro atoms.